The third kappa shape index (κ3) is 3.86. The number of aliphatic hydroxyl groups excluding tert-OH is 1. The van der Waals surface area contributed by atoms with Gasteiger partial charge in [-0.3, -0.25) is 4.79 Å². The maximum absolute atomic E-state index is 12.8. The lowest BCUT2D eigenvalue weighted by molar-refractivity contribution is 0.0915. The Labute approximate surface area is 154 Å². The molecule has 134 valence electrons. The highest BCUT2D eigenvalue weighted by atomic mass is 16.3. The molecular weight excluding hydrogens is 324 g/mol. The maximum atomic E-state index is 12.8. The van der Waals surface area contributed by atoms with E-state index in [1.165, 1.54) is 5.56 Å². The molecule has 0 radical (unpaired) electrons. The summed E-state index contributed by atoms with van der Waals surface area (Å²) >= 11 is 0. The van der Waals surface area contributed by atoms with Gasteiger partial charge in [0.15, 0.2) is 0 Å². The molecule has 0 fully saturated rings. The van der Waals surface area contributed by atoms with E-state index in [-0.39, 0.29) is 12.5 Å². The standard InChI is InChI=1S/C22H24N2O2/c1-16-13-20(17(2)24(16)14-18-9-5-3-6-10-18)22(26)23-21(15-25)19-11-7-4-8-12-19/h3-13,21,25H,14-15H2,1-2H3,(H,23,26). The normalized spacial score (nSPS) is 12.0. The lowest BCUT2D eigenvalue weighted by atomic mass is 10.1. The largest absolute Gasteiger partial charge is 0.394 e. The van der Waals surface area contributed by atoms with Crippen LogP contribution >= 0.6 is 0 Å². The van der Waals surface area contributed by atoms with E-state index in [0.717, 1.165) is 23.5 Å². The number of nitrogens with zero attached hydrogens (tertiary/aromatic N) is 1. The van der Waals surface area contributed by atoms with E-state index in [1.54, 1.807) is 0 Å². The highest BCUT2D eigenvalue weighted by Crippen LogP contribution is 2.19. The Morgan fingerprint density at radius 3 is 2.27 bits per heavy atom. The first-order valence-corrected chi connectivity index (χ1v) is 8.77. The van der Waals surface area contributed by atoms with Gasteiger partial charge in [-0.15, -0.1) is 0 Å². The van der Waals surface area contributed by atoms with E-state index in [9.17, 15) is 9.90 Å². The summed E-state index contributed by atoms with van der Waals surface area (Å²) in [5.74, 6) is -0.166. The highest BCUT2D eigenvalue weighted by Gasteiger charge is 2.19. The molecule has 1 unspecified atom stereocenters. The van der Waals surface area contributed by atoms with Crippen LogP contribution in [0.5, 0.6) is 0 Å². The fourth-order valence-electron chi connectivity index (χ4n) is 3.20. The molecule has 3 rings (SSSR count). The highest BCUT2D eigenvalue weighted by molar-refractivity contribution is 5.96. The Morgan fingerprint density at radius 1 is 1.04 bits per heavy atom. The van der Waals surface area contributed by atoms with Crippen molar-refractivity contribution in [2.75, 3.05) is 6.61 Å². The molecule has 4 nitrogen and oxygen atoms in total. The summed E-state index contributed by atoms with van der Waals surface area (Å²) in [6, 6.07) is 21.2. The molecule has 4 heteroatoms. The number of benzene rings is 2. The first kappa shape index (κ1) is 18.0. The molecule has 0 spiro atoms. The van der Waals surface area contributed by atoms with Gasteiger partial charge in [-0.05, 0) is 31.0 Å². The van der Waals surface area contributed by atoms with Crippen LogP contribution in [0.25, 0.3) is 0 Å². The van der Waals surface area contributed by atoms with Crippen molar-refractivity contribution in [1.29, 1.82) is 0 Å². The average molecular weight is 348 g/mol. The minimum Gasteiger partial charge on any atom is -0.394 e. The third-order valence-corrected chi connectivity index (χ3v) is 4.69. The summed E-state index contributed by atoms with van der Waals surface area (Å²) in [4.78, 5) is 12.8. The lowest BCUT2D eigenvalue weighted by Crippen LogP contribution is -2.31. The quantitative estimate of drug-likeness (QED) is 0.715. The van der Waals surface area contributed by atoms with Crippen LogP contribution < -0.4 is 5.32 Å². The van der Waals surface area contributed by atoms with Crippen LogP contribution in [-0.4, -0.2) is 22.2 Å². The fourth-order valence-corrected chi connectivity index (χ4v) is 3.20. The number of rotatable bonds is 6. The molecule has 0 aliphatic carbocycles. The van der Waals surface area contributed by atoms with Crippen molar-refractivity contribution in [3.63, 3.8) is 0 Å². The number of hydrogen-bond acceptors (Lipinski definition) is 2. The van der Waals surface area contributed by atoms with Gasteiger partial charge in [-0.1, -0.05) is 60.7 Å². The molecule has 3 aromatic rings. The van der Waals surface area contributed by atoms with Crippen LogP contribution in [0.4, 0.5) is 0 Å². The van der Waals surface area contributed by atoms with Crippen LogP contribution in [0.3, 0.4) is 0 Å². The number of carbonyl (C=O) groups excluding carboxylic acids is 1. The van der Waals surface area contributed by atoms with E-state index < -0.39 is 6.04 Å². The van der Waals surface area contributed by atoms with Gasteiger partial charge in [0.05, 0.1) is 18.2 Å². The van der Waals surface area contributed by atoms with E-state index >= 15 is 0 Å². The zero-order valence-corrected chi connectivity index (χ0v) is 15.1. The monoisotopic (exact) mass is 348 g/mol. The first-order valence-electron chi connectivity index (χ1n) is 8.77. The molecule has 0 aliphatic heterocycles. The van der Waals surface area contributed by atoms with Gasteiger partial charge in [0.25, 0.3) is 5.91 Å². The van der Waals surface area contributed by atoms with Crippen molar-refractivity contribution in [3.05, 3.63) is 94.8 Å². The van der Waals surface area contributed by atoms with Gasteiger partial charge in [0, 0.05) is 17.9 Å². The van der Waals surface area contributed by atoms with Gasteiger partial charge >= 0.3 is 0 Å². The molecule has 1 aromatic heterocycles. The molecule has 26 heavy (non-hydrogen) atoms. The molecule has 1 atom stereocenters. The van der Waals surface area contributed by atoms with Crippen LogP contribution in [0.15, 0.2) is 66.7 Å². The Balaban J connectivity index is 1.81. The molecule has 0 bridgehead atoms. The van der Waals surface area contributed by atoms with E-state index in [4.69, 9.17) is 0 Å². The van der Waals surface area contributed by atoms with Gasteiger partial charge in [-0.2, -0.15) is 0 Å². The number of aryl methyl sites for hydroxylation is 1. The average Bonchev–Trinajstić information content (AvgIpc) is 2.96. The molecule has 1 heterocycles. The first-order chi connectivity index (χ1) is 12.6. The van der Waals surface area contributed by atoms with Gasteiger partial charge in [0.1, 0.15) is 0 Å². The third-order valence-electron chi connectivity index (χ3n) is 4.69. The van der Waals surface area contributed by atoms with Crippen molar-refractivity contribution in [1.82, 2.24) is 9.88 Å². The number of hydrogen-bond donors (Lipinski definition) is 2. The molecule has 0 saturated heterocycles. The van der Waals surface area contributed by atoms with E-state index in [1.807, 2.05) is 68.4 Å². The van der Waals surface area contributed by atoms with Crippen LogP contribution in [-0.2, 0) is 6.54 Å². The van der Waals surface area contributed by atoms with E-state index in [0.29, 0.717) is 5.56 Å². The summed E-state index contributed by atoms with van der Waals surface area (Å²) in [5.41, 5.74) is 4.69. The second-order valence-electron chi connectivity index (χ2n) is 6.48. The van der Waals surface area contributed by atoms with Crippen LogP contribution in [0, 0.1) is 13.8 Å². The Bertz CT molecular complexity index is 870. The zero-order chi connectivity index (χ0) is 18.5. The number of carbonyl (C=O) groups is 1. The van der Waals surface area contributed by atoms with Crippen LogP contribution in [0.1, 0.15) is 38.9 Å². The van der Waals surface area contributed by atoms with Crippen molar-refractivity contribution in [2.24, 2.45) is 0 Å². The van der Waals surface area contributed by atoms with Crippen molar-refractivity contribution >= 4 is 5.91 Å². The Morgan fingerprint density at radius 2 is 1.65 bits per heavy atom. The second-order valence-corrected chi connectivity index (χ2v) is 6.48. The molecule has 0 saturated carbocycles. The number of aliphatic hydroxyl groups is 1. The second kappa shape index (κ2) is 8.02. The molecule has 2 N–H and O–H groups in total. The van der Waals surface area contributed by atoms with Crippen molar-refractivity contribution < 1.29 is 9.90 Å². The topological polar surface area (TPSA) is 54.3 Å². The zero-order valence-electron chi connectivity index (χ0n) is 15.1. The SMILES string of the molecule is Cc1cc(C(=O)NC(CO)c2ccccc2)c(C)n1Cc1ccccc1. The molecule has 2 aromatic carbocycles. The predicted molar refractivity (Wildman–Crippen MR) is 103 cm³/mol. The summed E-state index contributed by atoms with van der Waals surface area (Å²) in [7, 11) is 0. The summed E-state index contributed by atoms with van der Waals surface area (Å²) < 4.78 is 2.14. The maximum Gasteiger partial charge on any atom is 0.253 e. The van der Waals surface area contributed by atoms with Crippen molar-refractivity contribution in [3.8, 4) is 0 Å². The minimum atomic E-state index is -0.416. The summed E-state index contributed by atoms with van der Waals surface area (Å²) in [6.07, 6.45) is 0. The predicted octanol–water partition coefficient (Wildman–Crippen LogP) is 3.62. The van der Waals surface area contributed by atoms with Gasteiger partial charge in [0.2, 0.25) is 0 Å². The van der Waals surface area contributed by atoms with Gasteiger partial charge < -0.3 is 15.0 Å². The number of aromatic nitrogens is 1. The summed E-state index contributed by atoms with van der Waals surface area (Å²) in [5, 5.41) is 12.6. The number of amides is 1. The smallest absolute Gasteiger partial charge is 0.253 e. The fraction of sp³-hybridized carbons (Fsp3) is 0.227. The summed E-state index contributed by atoms with van der Waals surface area (Å²) in [6.45, 7) is 4.56. The minimum absolute atomic E-state index is 0.140. The molecular formula is C22H24N2O2. The van der Waals surface area contributed by atoms with E-state index in [2.05, 4.69) is 22.0 Å². The van der Waals surface area contributed by atoms with Crippen molar-refractivity contribution in [2.45, 2.75) is 26.4 Å². The Hall–Kier alpha value is -2.85. The Kier molecular flexibility index (Phi) is 5.54. The van der Waals surface area contributed by atoms with Crippen LogP contribution in [0.2, 0.25) is 0 Å². The number of nitrogens with one attached hydrogen (secondary N) is 1. The molecule has 1 amide bonds. The lowest BCUT2D eigenvalue weighted by Gasteiger charge is -2.17. The van der Waals surface area contributed by atoms with Gasteiger partial charge in [-0.25, -0.2) is 0 Å². The molecule has 0 aliphatic rings.